The van der Waals surface area contributed by atoms with Crippen molar-refractivity contribution in [3.8, 4) is 0 Å². The number of nitrogens with one attached hydrogen (secondary N) is 1. The van der Waals surface area contributed by atoms with Gasteiger partial charge in [0, 0.05) is 17.9 Å². The molecule has 1 amide bonds. The third kappa shape index (κ3) is 4.46. The standard InChI is InChI=1S/C12H13FN4OS2/c13-9-4-3-8(6-10(9)14)17-11(18)2-1-5-19-12-15-7-16-20-12/h3-4,6-7H,1-2,5,14H2,(H,17,18). The summed E-state index contributed by atoms with van der Waals surface area (Å²) in [5.74, 6) is 0.194. The second kappa shape index (κ2) is 7.20. The summed E-state index contributed by atoms with van der Waals surface area (Å²) in [4.78, 5) is 15.7. The van der Waals surface area contributed by atoms with E-state index in [0.29, 0.717) is 12.1 Å². The summed E-state index contributed by atoms with van der Waals surface area (Å²) in [6, 6.07) is 4.12. The summed E-state index contributed by atoms with van der Waals surface area (Å²) >= 11 is 2.91. The topological polar surface area (TPSA) is 80.9 Å². The maximum Gasteiger partial charge on any atom is 0.224 e. The number of rotatable bonds is 6. The van der Waals surface area contributed by atoms with Crippen LogP contribution in [0.25, 0.3) is 0 Å². The summed E-state index contributed by atoms with van der Waals surface area (Å²) in [7, 11) is 0. The van der Waals surface area contributed by atoms with E-state index < -0.39 is 5.82 Å². The van der Waals surface area contributed by atoms with Crippen LogP contribution < -0.4 is 11.1 Å². The van der Waals surface area contributed by atoms with Crippen LogP contribution >= 0.6 is 23.3 Å². The Labute approximate surface area is 124 Å². The SMILES string of the molecule is Nc1cc(NC(=O)CCCSc2ncns2)ccc1F. The van der Waals surface area contributed by atoms with Crippen molar-refractivity contribution in [2.75, 3.05) is 16.8 Å². The minimum atomic E-state index is -0.489. The molecule has 0 saturated carbocycles. The predicted molar refractivity (Wildman–Crippen MR) is 79.3 cm³/mol. The minimum Gasteiger partial charge on any atom is -0.396 e. The number of nitrogen functional groups attached to an aromatic ring is 1. The van der Waals surface area contributed by atoms with E-state index in [-0.39, 0.29) is 11.6 Å². The lowest BCUT2D eigenvalue weighted by molar-refractivity contribution is -0.116. The highest BCUT2D eigenvalue weighted by atomic mass is 32.2. The number of anilines is 2. The third-order valence-electron chi connectivity index (χ3n) is 2.39. The molecule has 0 bridgehead atoms. The van der Waals surface area contributed by atoms with E-state index in [4.69, 9.17) is 5.73 Å². The third-order valence-corrected chi connectivity index (χ3v) is 4.28. The molecule has 0 radical (unpaired) electrons. The number of hydrogen-bond acceptors (Lipinski definition) is 6. The quantitative estimate of drug-likeness (QED) is 0.487. The molecule has 0 saturated heterocycles. The second-order valence-corrected chi connectivity index (χ2v) is 6.07. The van der Waals surface area contributed by atoms with Crippen LogP contribution in [-0.4, -0.2) is 21.0 Å². The van der Waals surface area contributed by atoms with Crippen LogP contribution in [0.1, 0.15) is 12.8 Å². The molecular weight excluding hydrogens is 299 g/mol. The number of aromatic nitrogens is 2. The van der Waals surface area contributed by atoms with Crippen molar-refractivity contribution in [1.29, 1.82) is 0 Å². The van der Waals surface area contributed by atoms with Gasteiger partial charge >= 0.3 is 0 Å². The van der Waals surface area contributed by atoms with Crippen molar-refractivity contribution < 1.29 is 9.18 Å². The summed E-state index contributed by atoms with van der Waals surface area (Å²) in [6.45, 7) is 0. The number of halogens is 1. The summed E-state index contributed by atoms with van der Waals surface area (Å²) < 4.78 is 17.8. The molecule has 20 heavy (non-hydrogen) atoms. The van der Waals surface area contributed by atoms with Gasteiger partial charge in [-0.2, -0.15) is 4.37 Å². The maximum absolute atomic E-state index is 13.0. The normalized spacial score (nSPS) is 10.4. The van der Waals surface area contributed by atoms with Crippen molar-refractivity contribution in [3.63, 3.8) is 0 Å². The first kappa shape index (κ1) is 14.7. The van der Waals surface area contributed by atoms with Gasteiger partial charge in [0.1, 0.15) is 12.1 Å². The van der Waals surface area contributed by atoms with E-state index in [1.54, 1.807) is 11.8 Å². The Morgan fingerprint density at radius 2 is 2.35 bits per heavy atom. The lowest BCUT2D eigenvalue weighted by Crippen LogP contribution is -2.11. The molecule has 0 unspecified atom stereocenters. The molecule has 8 heteroatoms. The maximum atomic E-state index is 13.0. The molecule has 5 nitrogen and oxygen atoms in total. The Hall–Kier alpha value is -1.67. The molecular formula is C12H13FN4OS2. The number of benzene rings is 1. The zero-order valence-electron chi connectivity index (χ0n) is 10.5. The molecule has 0 aliphatic rings. The fraction of sp³-hybridized carbons (Fsp3) is 0.250. The van der Waals surface area contributed by atoms with Gasteiger partial charge in [0.15, 0.2) is 4.34 Å². The monoisotopic (exact) mass is 312 g/mol. The highest BCUT2D eigenvalue weighted by Crippen LogP contribution is 2.20. The van der Waals surface area contributed by atoms with E-state index in [2.05, 4.69) is 14.7 Å². The van der Waals surface area contributed by atoms with Crippen LogP contribution in [0, 0.1) is 5.82 Å². The highest BCUT2D eigenvalue weighted by Gasteiger charge is 2.05. The van der Waals surface area contributed by atoms with Crippen LogP contribution in [0.2, 0.25) is 0 Å². The molecule has 1 aromatic carbocycles. The Morgan fingerprint density at radius 3 is 3.05 bits per heavy atom. The number of carbonyl (C=O) groups is 1. The van der Waals surface area contributed by atoms with E-state index >= 15 is 0 Å². The van der Waals surface area contributed by atoms with Crippen molar-refractivity contribution in [2.24, 2.45) is 0 Å². The molecule has 0 aliphatic heterocycles. The summed E-state index contributed by atoms with van der Waals surface area (Å²) in [5.41, 5.74) is 5.96. The molecule has 3 N–H and O–H groups in total. The molecule has 1 heterocycles. The molecule has 2 rings (SSSR count). The van der Waals surface area contributed by atoms with Gasteiger partial charge in [0.25, 0.3) is 0 Å². The van der Waals surface area contributed by atoms with Gasteiger partial charge in [0.2, 0.25) is 5.91 Å². The smallest absolute Gasteiger partial charge is 0.224 e. The average molecular weight is 312 g/mol. The molecule has 0 atom stereocenters. The van der Waals surface area contributed by atoms with Crippen LogP contribution in [-0.2, 0) is 4.79 Å². The molecule has 106 valence electrons. The number of nitrogens with zero attached hydrogens (tertiary/aromatic N) is 2. The first-order valence-electron chi connectivity index (χ1n) is 5.89. The van der Waals surface area contributed by atoms with Crippen LogP contribution in [0.3, 0.4) is 0 Å². The Balaban J connectivity index is 1.71. The fourth-order valence-corrected chi connectivity index (χ4v) is 2.92. The minimum absolute atomic E-state index is 0.0228. The number of hydrogen-bond donors (Lipinski definition) is 2. The predicted octanol–water partition coefficient (Wildman–Crippen LogP) is 2.77. The molecule has 0 fully saturated rings. The molecule has 2 aromatic rings. The van der Waals surface area contributed by atoms with E-state index in [1.807, 2.05) is 0 Å². The average Bonchev–Trinajstić information content (AvgIpc) is 2.92. The zero-order valence-corrected chi connectivity index (χ0v) is 12.1. The van der Waals surface area contributed by atoms with Gasteiger partial charge in [-0.15, -0.1) is 0 Å². The number of nitrogens with two attached hydrogens (primary N) is 1. The van der Waals surface area contributed by atoms with Gasteiger partial charge < -0.3 is 11.1 Å². The van der Waals surface area contributed by atoms with Gasteiger partial charge in [0.05, 0.1) is 5.69 Å². The lowest BCUT2D eigenvalue weighted by atomic mass is 10.2. The largest absolute Gasteiger partial charge is 0.396 e. The molecule has 0 aliphatic carbocycles. The van der Waals surface area contributed by atoms with Gasteiger partial charge in [-0.05, 0) is 36.2 Å². The molecule has 1 aromatic heterocycles. The van der Waals surface area contributed by atoms with Crippen LogP contribution in [0.4, 0.5) is 15.8 Å². The summed E-state index contributed by atoms with van der Waals surface area (Å²) in [6.07, 6.45) is 2.63. The molecule has 0 spiro atoms. The van der Waals surface area contributed by atoms with Crippen molar-refractivity contribution in [2.45, 2.75) is 17.2 Å². The number of thioether (sulfide) groups is 1. The van der Waals surface area contributed by atoms with Crippen LogP contribution in [0.15, 0.2) is 28.9 Å². The number of amides is 1. The Morgan fingerprint density at radius 1 is 1.50 bits per heavy atom. The van der Waals surface area contributed by atoms with Gasteiger partial charge in [-0.25, -0.2) is 9.37 Å². The lowest BCUT2D eigenvalue weighted by Gasteiger charge is -2.06. The summed E-state index contributed by atoms with van der Waals surface area (Å²) in [5, 5.41) is 2.68. The van der Waals surface area contributed by atoms with Gasteiger partial charge in [-0.3, -0.25) is 4.79 Å². The first-order valence-corrected chi connectivity index (χ1v) is 7.65. The number of carbonyl (C=O) groups excluding carboxylic acids is 1. The van der Waals surface area contributed by atoms with Crippen LogP contribution in [0.5, 0.6) is 0 Å². The zero-order chi connectivity index (χ0) is 14.4. The van der Waals surface area contributed by atoms with Crippen molar-refractivity contribution >= 4 is 40.6 Å². The van der Waals surface area contributed by atoms with Gasteiger partial charge in [-0.1, -0.05) is 11.8 Å². The second-order valence-electron chi connectivity index (χ2n) is 3.94. The van der Waals surface area contributed by atoms with E-state index in [9.17, 15) is 9.18 Å². The van der Waals surface area contributed by atoms with E-state index in [1.165, 1.54) is 36.1 Å². The van der Waals surface area contributed by atoms with Crippen molar-refractivity contribution in [3.05, 3.63) is 30.3 Å². The Bertz CT molecular complexity index is 577. The van der Waals surface area contributed by atoms with Crippen molar-refractivity contribution in [1.82, 2.24) is 9.36 Å². The van der Waals surface area contributed by atoms with E-state index in [0.717, 1.165) is 16.5 Å². The first-order chi connectivity index (χ1) is 9.65. The fourth-order valence-electron chi connectivity index (χ4n) is 1.46. The Kier molecular flexibility index (Phi) is 5.31. The highest BCUT2D eigenvalue weighted by molar-refractivity contribution is 8.00.